The second kappa shape index (κ2) is 6.15. The van der Waals surface area contributed by atoms with Gasteiger partial charge in [-0.05, 0) is 44.2 Å². The number of rotatable bonds is 7. The van der Waals surface area contributed by atoms with E-state index in [0.29, 0.717) is 23.0 Å². The number of ether oxygens (including phenoxy) is 2. The molecule has 0 aliphatic heterocycles. The van der Waals surface area contributed by atoms with E-state index < -0.39 is 11.6 Å². The van der Waals surface area contributed by atoms with E-state index in [2.05, 4.69) is 0 Å². The zero-order valence-corrected chi connectivity index (χ0v) is 13.5. The summed E-state index contributed by atoms with van der Waals surface area (Å²) in [5, 5.41) is 9.18. The molecule has 0 aromatic heterocycles. The van der Waals surface area contributed by atoms with Crippen molar-refractivity contribution in [3.8, 4) is 11.5 Å². The quantitative estimate of drug-likeness (QED) is 0.830. The molecular formula is C17H23FO4. The first-order valence-electron chi connectivity index (χ1n) is 7.45. The summed E-state index contributed by atoms with van der Waals surface area (Å²) >= 11 is 0. The van der Waals surface area contributed by atoms with Gasteiger partial charge in [0.25, 0.3) is 0 Å². The lowest BCUT2D eigenvalue weighted by atomic mass is 9.86. The number of carboxylic acids is 1. The van der Waals surface area contributed by atoms with Crippen molar-refractivity contribution in [1.29, 1.82) is 0 Å². The fourth-order valence-corrected chi connectivity index (χ4v) is 2.90. The molecular weight excluding hydrogens is 287 g/mol. The van der Waals surface area contributed by atoms with Gasteiger partial charge >= 0.3 is 5.97 Å². The third kappa shape index (κ3) is 3.51. The topological polar surface area (TPSA) is 55.8 Å². The van der Waals surface area contributed by atoms with Crippen molar-refractivity contribution >= 4 is 5.97 Å². The van der Waals surface area contributed by atoms with Gasteiger partial charge in [-0.1, -0.05) is 0 Å². The van der Waals surface area contributed by atoms with Gasteiger partial charge in [-0.3, -0.25) is 4.79 Å². The molecule has 0 saturated heterocycles. The number of alkyl halides is 1. The summed E-state index contributed by atoms with van der Waals surface area (Å²) in [6, 6.07) is 3.37. The van der Waals surface area contributed by atoms with Crippen molar-refractivity contribution in [3.63, 3.8) is 0 Å². The summed E-state index contributed by atoms with van der Waals surface area (Å²) < 4.78 is 25.2. The molecule has 0 amide bonds. The summed E-state index contributed by atoms with van der Waals surface area (Å²) in [4.78, 5) is 11.2. The second-order valence-electron chi connectivity index (χ2n) is 6.31. The van der Waals surface area contributed by atoms with E-state index >= 15 is 0 Å². The summed E-state index contributed by atoms with van der Waals surface area (Å²) in [7, 11) is 3.02. The van der Waals surface area contributed by atoms with Gasteiger partial charge in [0.1, 0.15) is 17.2 Å². The number of aliphatic carboxylic acids is 1. The molecule has 0 spiro atoms. The van der Waals surface area contributed by atoms with E-state index in [1.54, 1.807) is 12.1 Å². The minimum Gasteiger partial charge on any atom is -0.496 e. The Hall–Kier alpha value is -1.78. The predicted octanol–water partition coefficient (Wildman–Crippen LogP) is 3.88. The van der Waals surface area contributed by atoms with E-state index in [1.807, 2.05) is 0 Å². The fourth-order valence-electron chi connectivity index (χ4n) is 2.90. The molecule has 1 aromatic carbocycles. The third-order valence-corrected chi connectivity index (χ3v) is 4.18. The van der Waals surface area contributed by atoms with E-state index in [9.17, 15) is 14.3 Å². The van der Waals surface area contributed by atoms with E-state index in [0.717, 1.165) is 18.4 Å². The molecule has 1 N–H and O–H groups in total. The molecule has 1 aliphatic rings. The van der Waals surface area contributed by atoms with E-state index in [1.165, 1.54) is 28.1 Å². The van der Waals surface area contributed by atoms with Crippen LogP contribution in [0.5, 0.6) is 11.5 Å². The van der Waals surface area contributed by atoms with Crippen molar-refractivity contribution in [2.75, 3.05) is 14.2 Å². The number of carboxylic acid groups (broad SMARTS) is 1. The maximum Gasteiger partial charge on any atom is 0.303 e. The van der Waals surface area contributed by atoms with Crippen molar-refractivity contribution in [2.45, 2.75) is 44.7 Å². The highest BCUT2D eigenvalue weighted by Crippen LogP contribution is 2.49. The Morgan fingerprint density at radius 2 is 1.91 bits per heavy atom. The summed E-state index contributed by atoms with van der Waals surface area (Å²) in [6.45, 7) is 2.93. The standard InChI is InChI=1S/C17H23FO4/c1-17(2,18)13-7-12(14(21-3)9-15(13)22-4)11(8-16(19)20)10-5-6-10/h7,9-11H,5-6,8H2,1-4H3,(H,19,20). The van der Waals surface area contributed by atoms with Gasteiger partial charge in [-0.25, -0.2) is 4.39 Å². The van der Waals surface area contributed by atoms with Crippen molar-refractivity contribution in [2.24, 2.45) is 5.92 Å². The second-order valence-corrected chi connectivity index (χ2v) is 6.31. The average Bonchev–Trinajstić information content (AvgIpc) is 3.26. The van der Waals surface area contributed by atoms with Crippen LogP contribution in [0, 0.1) is 5.92 Å². The SMILES string of the molecule is COc1cc(OC)c(C(C)(C)F)cc1C(CC(=O)O)C1CC1. The van der Waals surface area contributed by atoms with Gasteiger partial charge in [0.05, 0.1) is 20.6 Å². The zero-order valence-electron chi connectivity index (χ0n) is 13.5. The van der Waals surface area contributed by atoms with Crippen LogP contribution in [0.1, 0.15) is 50.2 Å². The molecule has 4 nitrogen and oxygen atoms in total. The molecule has 1 saturated carbocycles. The van der Waals surface area contributed by atoms with Crippen LogP contribution in [-0.2, 0) is 10.5 Å². The third-order valence-electron chi connectivity index (χ3n) is 4.18. The van der Waals surface area contributed by atoms with Gasteiger partial charge in [0.15, 0.2) is 0 Å². The molecule has 5 heteroatoms. The molecule has 122 valence electrons. The first kappa shape index (κ1) is 16.6. The smallest absolute Gasteiger partial charge is 0.303 e. The summed E-state index contributed by atoms with van der Waals surface area (Å²) in [5.74, 6) is 0.297. The Morgan fingerprint density at radius 1 is 1.32 bits per heavy atom. The van der Waals surface area contributed by atoms with Crippen molar-refractivity contribution in [3.05, 3.63) is 23.3 Å². The van der Waals surface area contributed by atoms with Crippen LogP contribution >= 0.6 is 0 Å². The van der Waals surface area contributed by atoms with Gasteiger partial charge in [-0.2, -0.15) is 0 Å². The minimum absolute atomic E-state index is 0.0273. The lowest BCUT2D eigenvalue weighted by molar-refractivity contribution is -0.137. The lowest BCUT2D eigenvalue weighted by Gasteiger charge is -2.24. The van der Waals surface area contributed by atoms with Gasteiger partial charge < -0.3 is 14.6 Å². The highest BCUT2D eigenvalue weighted by Gasteiger charge is 2.37. The maximum absolute atomic E-state index is 14.5. The van der Waals surface area contributed by atoms with Crippen LogP contribution in [0.25, 0.3) is 0 Å². The largest absolute Gasteiger partial charge is 0.496 e. The first-order chi connectivity index (χ1) is 10.3. The van der Waals surface area contributed by atoms with Crippen molar-refractivity contribution < 1.29 is 23.8 Å². The molecule has 1 aliphatic carbocycles. The molecule has 2 rings (SSSR count). The normalized spacial score (nSPS) is 16.2. The van der Waals surface area contributed by atoms with Gasteiger partial charge in [-0.15, -0.1) is 0 Å². The average molecular weight is 310 g/mol. The molecule has 0 radical (unpaired) electrons. The molecule has 22 heavy (non-hydrogen) atoms. The van der Waals surface area contributed by atoms with E-state index in [-0.39, 0.29) is 12.3 Å². The number of hydrogen-bond donors (Lipinski definition) is 1. The Bertz CT molecular complexity index is 559. The predicted molar refractivity (Wildman–Crippen MR) is 81.4 cm³/mol. The molecule has 0 heterocycles. The molecule has 1 atom stereocenters. The van der Waals surface area contributed by atoms with Crippen LogP contribution in [0.15, 0.2) is 12.1 Å². The Balaban J connectivity index is 2.54. The Morgan fingerprint density at radius 3 is 2.32 bits per heavy atom. The van der Waals surface area contributed by atoms with Gasteiger partial charge in [0, 0.05) is 17.5 Å². The number of benzene rings is 1. The monoisotopic (exact) mass is 310 g/mol. The zero-order chi connectivity index (χ0) is 16.5. The molecule has 1 fully saturated rings. The Kier molecular flexibility index (Phi) is 4.63. The number of hydrogen-bond acceptors (Lipinski definition) is 3. The molecule has 1 unspecified atom stereocenters. The fraction of sp³-hybridized carbons (Fsp3) is 0.588. The van der Waals surface area contributed by atoms with Crippen LogP contribution in [0.2, 0.25) is 0 Å². The lowest BCUT2D eigenvalue weighted by Crippen LogP contribution is -2.15. The van der Waals surface area contributed by atoms with Gasteiger partial charge in [0.2, 0.25) is 0 Å². The van der Waals surface area contributed by atoms with E-state index in [4.69, 9.17) is 9.47 Å². The number of halogens is 1. The van der Waals surface area contributed by atoms with Crippen LogP contribution < -0.4 is 9.47 Å². The summed E-state index contributed by atoms with van der Waals surface area (Å²) in [5.41, 5.74) is -0.403. The first-order valence-corrected chi connectivity index (χ1v) is 7.45. The van der Waals surface area contributed by atoms with Crippen LogP contribution in [0.3, 0.4) is 0 Å². The number of methoxy groups -OCH3 is 2. The minimum atomic E-state index is -1.58. The number of carbonyl (C=O) groups is 1. The summed E-state index contributed by atoms with van der Waals surface area (Å²) in [6.07, 6.45) is 2.03. The molecule has 1 aromatic rings. The Labute approximate surface area is 130 Å². The van der Waals surface area contributed by atoms with Crippen LogP contribution in [0.4, 0.5) is 4.39 Å². The highest BCUT2D eigenvalue weighted by molar-refractivity contribution is 5.69. The maximum atomic E-state index is 14.5. The van der Waals surface area contributed by atoms with Crippen molar-refractivity contribution in [1.82, 2.24) is 0 Å². The highest BCUT2D eigenvalue weighted by atomic mass is 19.1. The van der Waals surface area contributed by atoms with Crippen LogP contribution in [-0.4, -0.2) is 25.3 Å². The molecule has 0 bridgehead atoms.